The van der Waals surface area contributed by atoms with Crippen molar-refractivity contribution in [3.8, 4) is 0 Å². The molecule has 8 heteroatoms. The molecule has 0 radical (unpaired) electrons. The second-order valence-electron chi connectivity index (χ2n) is 8.36. The summed E-state index contributed by atoms with van der Waals surface area (Å²) in [6, 6.07) is 6.14. The van der Waals surface area contributed by atoms with Crippen LogP contribution in [0.3, 0.4) is 0 Å². The van der Waals surface area contributed by atoms with Crippen molar-refractivity contribution in [2.75, 3.05) is 41.3 Å². The number of fused-ring (bicyclic) bond motifs is 1. The zero-order chi connectivity index (χ0) is 20.5. The Kier molecular flexibility index (Phi) is 5.16. The SMILES string of the molecule is Cc1cc(=O)[nH]c2c1C=NC(Nc1ccc(N3CCNCC3)cn1)N2C1CCCC1. The topological polar surface area (TPSA) is 88.6 Å². The highest BCUT2D eigenvalue weighted by molar-refractivity contribution is 5.90. The molecular weight excluding hydrogens is 378 g/mol. The molecule has 2 aromatic heterocycles. The van der Waals surface area contributed by atoms with Crippen LogP contribution >= 0.6 is 0 Å². The average Bonchev–Trinajstić information content (AvgIpc) is 3.29. The summed E-state index contributed by atoms with van der Waals surface area (Å²) in [4.78, 5) is 29.3. The van der Waals surface area contributed by atoms with Gasteiger partial charge in [-0.3, -0.25) is 4.79 Å². The number of nitrogens with one attached hydrogen (secondary N) is 3. The Hall–Kier alpha value is -2.87. The van der Waals surface area contributed by atoms with Crippen LogP contribution in [-0.4, -0.2) is 54.7 Å². The van der Waals surface area contributed by atoms with Crippen LogP contribution in [0.4, 0.5) is 17.3 Å². The first kappa shape index (κ1) is 19.1. The van der Waals surface area contributed by atoms with Gasteiger partial charge in [0.2, 0.25) is 5.56 Å². The van der Waals surface area contributed by atoms with E-state index >= 15 is 0 Å². The maximum atomic E-state index is 12.2. The summed E-state index contributed by atoms with van der Waals surface area (Å²) < 4.78 is 0. The first-order valence-electron chi connectivity index (χ1n) is 10.9. The van der Waals surface area contributed by atoms with Crippen molar-refractivity contribution < 1.29 is 0 Å². The lowest BCUT2D eigenvalue weighted by Crippen LogP contribution is -2.49. The van der Waals surface area contributed by atoms with Crippen molar-refractivity contribution >= 4 is 23.5 Å². The molecule has 3 N–H and O–H groups in total. The third kappa shape index (κ3) is 3.67. The summed E-state index contributed by atoms with van der Waals surface area (Å²) in [6.07, 6.45) is 8.16. The van der Waals surface area contributed by atoms with E-state index in [-0.39, 0.29) is 11.8 Å². The van der Waals surface area contributed by atoms with E-state index in [0.29, 0.717) is 6.04 Å². The van der Waals surface area contributed by atoms with Crippen molar-refractivity contribution in [1.82, 2.24) is 15.3 Å². The maximum Gasteiger partial charge on any atom is 0.249 e. The fourth-order valence-corrected chi connectivity index (χ4v) is 4.77. The van der Waals surface area contributed by atoms with Gasteiger partial charge in [0.1, 0.15) is 11.6 Å². The minimum Gasteiger partial charge on any atom is -0.368 e. The first-order chi connectivity index (χ1) is 14.7. The molecule has 1 saturated carbocycles. The largest absolute Gasteiger partial charge is 0.368 e. The zero-order valence-corrected chi connectivity index (χ0v) is 17.4. The first-order valence-corrected chi connectivity index (χ1v) is 10.9. The smallest absolute Gasteiger partial charge is 0.249 e. The molecule has 0 bridgehead atoms. The summed E-state index contributed by atoms with van der Waals surface area (Å²) >= 11 is 0. The highest BCUT2D eigenvalue weighted by atomic mass is 16.1. The number of aromatic nitrogens is 2. The van der Waals surface area contributed by atoms with Crippen LogP contribution in [0.1, 0.15) is 36.8 Å². The summed E-state index contributed by atoms with van der Waals surface area (Å²) in [5.74, 6) is 1.66. The number of nitrogens with zero attached hydrogens (tertiary/aromatic N) is 4. The monoisotopic (exact) mass is 407 g/mol. The molecule has 3 aliphatic rings. The molecule has 1 atom stereocenters. The fourth-order valence-electron chi connectivity index (χ4n) is 4.77. The number of rotatable bonds is 4. The van der Waals surface area contributed by atoms with Crippen LogP contribution in [-0.2, 0) is 0 Å². The molecule has 5 rings (SSSR count). The number of aryl methyl sites for hydroxylation is 1. The lowest BCUT2D eigenvalue weighted by atomic mass is 10.1. The molecule has 4 heterocycles. The van der Waals surface area contributed by atoms with Crippen LogP contribution in [0.25, 0.3) is 0 Å². The zero-order valence-electron chi connectivity index (χ0n) is 17.4. The Morgan fingerprint density at radius 2 is 1.97 bits per heavy atom. The van der Waals surface area contributed by atoms with Crippen LogP contribution in [0, 0.1) is 6.92 Å². The second kappa shape index (κ2) is 8.10. The third-order valence-electron chi connectivity index (χ3n) is 6.36. The summed E-state index contributed by atoms with van der Waals surface area (Å²) in [6.45, 7) is 5.98. The maximum absolute atomic E-state index is 12.2. The summed E-state index contributed by atoms with van der Waals surface area (Å²) in [5, 5.41) is 6.86. The number of aromatic amines is 1. The van der Waals surface area contributed by atoms with Gasteiger partial charge in [0, 0.05) is 50.1 Å². The van der Waals surface area contributed by atoms with Crippen molar-refractivity contribution in [3.05, 3.63) is 45.9 Å². The molecule has 0 amide bonds. The van der Waals surface area contributed by atoms with E-state index in [1.54, 1.807) is 6.07 Å². The van der Waals surface area contributed by atoms with E-state index in [2.05, 4.69) is 36.5 Å². The van der Waals surface area contributed by atoms with Crippen molar-refractivity contribution in [2.45, 2.75) is 44.9 Å². The number of anilines is 3. The predicted molar refractivity (Wildman–Crippen MR) is 121 cm³/mol. The Balaban J connectivity index is 1.41. The van der Waals surface area contributed by atoms with Gasteiger partial charge in [-0.2, -0.15) is 0 Å². The van der Waals surface area contributed by atoms with E-state index < -0.39 is 0 Å². The van der Waals surface area contributed by atoms with E-state index in [1.807, 2.05) is 25.4 Å². The van der Waals surface area contributed by atoms with E-state index in [1.165, 1.54) is 12.8 Å². The highest BCUT2D eigenvalue weighted by Gasteiger charge is 2.33. The molecule has 8 nitrogen and oxygen atoms in total. The summed E-state index contributed by atoms with van der Waals surface area (Å²) in [5.41, 5.74) is 3.04. The quantitative estimate of drug-likeness (QED) is 0.719. The van der Waals surface area contributed by atoms with Gasteiger partial charge in [0.15, 0.2) is 6.29 Å². The molecule has 1 saturated heterocycles. The second-order valence-corrected chi connectivity index (χ2v) is 8.36. The van der Waals surface area contributed by atoms with Gasteiger partial charge in [-0.15, -0.1) is 0 Å². The highest BCUT2D eigenvalue weighted by Crippen LogP contribution is 2.33. The third-order valence-corrected chi connectivity index (χ3v) is 6.36. The number of hydrogen-bond donors (Lipinski definition) is 3. The molecule has 158 valence electrons. The number of pyridine rings is 2. The molecule has 2 aliphatic heterocycles. The number of aliphatic imine (C=N–C) groups is 1. The molecule has 0 spiro atoms. The van der Waals surface area contributed by atoms with E-state index in [0.717, 1.165) is 67.5 Å². The minimum absolute atomic E-state index is 0.0678. The van der Waals surface area contributed by atoms with Crippen molar-refractivity contribution in [1.29, 1.82) is 0 Å². The van der Waals surface area contributed by atoms with Crippen LogP contribution in [0.5, 0.6) is 0 Å². The normalized spacial score (nSPS) is 21.7. The van der Waals surface area contributed by atoms with Crippen molar-refractivity contribution in [2.24, 2.45) is 4.99 Å². The standard InChI is InChI=1S/C22H29N7O/c1-15-12-20(30)27-21-18(15)14-25-22(29(21)16-4-2-3-5-16)26-19-7-6-17(13-24-19)28-10-8-23-9-11-28/h6-7,12-14,16,22-23H,2-5,8-11H2,1H3,(H,24,26)(H,27,30). The van der Waals surface area contributed by atoms with Gasteiger partial charge >= 0.3 is 0 Å². The number of hydrogen-bond acceptors (Lipinski definition) is 7. The molecule has 30 heavy (non-hydrogen) atoms. The average molecular weight is 408 g/mol. The predicted octanol–water partition coefficient (Wildman–Crippen LogP) is 2.07. The van der Waals surface area contributed by atoms with Crippen molar-refractivity contribution in [3.63, 3.8) is 0 Å². The minimum atomic E-state index is -0.282. The lowest BCUT2D eigenvalue weighted by Gasteiger charge is -2.39. The van der Waals surface area contributed by atoms with Gasteiger partial charge in [-0.05, 0) is 37.5 Å². The number of H-pyrrole nitrogens is 1. The molecule has 2 fully saturated rings. The fraction of sp³-hybridized carbons (Fsp3) is 0.500. The Morgan fingerprint density at radius 3 is 2.70 bits per heavy atom. The Labute approximate surface area is 176 Å². The molecular formula is C22H29N7O. The van der Waals surface area contributed by atoms with Crippen LogP contribution in [0.15, 0.2) is 34.2 Å². The molecule has 1 unspecified atom stereocenters. The van der Waals surface area contributed by atoms with Crippen LogP contribution < -0.4 is 26.0 Å². The van der Waals surface area contributed by atoms with E-state index in [9.17, 15) is 4.79 Å². The van der Waals surface area contributed by atoms with Gasteiger partial charge in [-0.25, -0.2) is 9.98 Å². The molecule has 0 aromatic carbocycles. The van der Waals surface area contributed by atoms with Crippen LogP contribution in [0.2, 0.25) is 0 Å². The Morgan fingerprint density at radius 1 is 1.17 bits per heavy atom. The Bertz CT molecular complexity index is 972. The number of piperazine rings is 1. The van der Waals surface area contributed by atoms with Gasteiger partial charge in [-0.1, -0.05) is 12.8 Å². The molecule has 2 aromatic rings. The van der Waals surface area contributed by atoms with Gasteiger partial charge in [0.25, 0.3) is 0 Å². The lowest BCUT2D eigenvalue weighted by molar-refractivity contribution is 0.538. The van der Waals surface area contributed by atoms with Gasteiger partial charge < -0.3 is 25.4 Å². The van der Waals surface area contributed by atoms with E-state index in [4.69, 9.17) is 4.99 Å². The van der Waals surface area contributed by atoms with Gasteiger partial charge in [0.05, 0.1) is 11.9 Å². The summed E-state index contributed by atoms with van der Waals surface area (Å²) in [7, 11) is 0. The molecule has 1 aliphatic carbocycles.